The van der Waals surface area contributed by atoms with E-state index in [0.717, 1.165) is 45.1 Å². The summed E-state index contributed by atoms with van der Waals surface area (Å²) in [5.41, 5.74) is 4.84. The third-order valence-electron chi connectivity index (χ3n) is 4.22. The molecule has 1 fully saturated rings. The number of carbonyl (C=O) groups is 1. The lowest BCUT2D eigenvalue weighted by atomic mass is 9.95. The van der Waals surface area contributed by atoms with E-state index in [1.54, 1.807) is 7.05 Å². The van der Waals surface area contributed by atoms with E-state index >= 15 is 0 Å². The summed E-state index contributed by atoms with van der Waals surface area (Å²) in [7, 11) is 3.94. The van der Waals surface area contributed by atoms with Crippen molar-refractivity contribution in [3.8, 4) is 0 Å². The fraction of sp³-hybridized carbons (Fsp3) is 0.929. The molecule has 112 valence electrons. The molecular formula is C14H29N3O2. The molecule has 1 atom stereocenters. The molecule has 0 bridgehead atoms. The minimum absolute atomic E-state index is 0.276. The predicted octanol–water partition coefficient (Wildman–Crippen LogP) is 0.588. The van der Waals surface area contributed by atoms with Gasteiger partial charge >= 0.3 is 0 Å². The number of ether oxygens (including phenoxy) is 1. The average molecular weight is 271 g/mol. The van der Waals surface area contributed by atoms with Gasteiger partial charge in [0.05, 0.1) is 5.54 Å². The Bertz CT molecular complexity index is 280. The van der Waals surface area contributed by atoms with Gasteiger partial charge < -0.3 is 20.7 Å². The second-order valence-electron chi connectivity index (χ2n) is 5.87. The molecule has 0 aromatic carbocycles. The van der Waals surface area contributed by atoms with Crippen LogP contribution < -0.4 is 11.1 Å². The zero-order valence-corrected chi connectivity index (χ0v) is 12.6. The van der Waals surface area contributed by atoms with E-state index in [4.69, 9.17) is 10.5 Å². The standard InChI is InChI=1S/C14H29N3O2/c1-14(16-2,13(15)18)7-4-8-17(3)11-12-5-9-19-10-6-12/h12,16H,4-11H2,1-3H3,(H2,15,18). The number of hydrogen-bond donors (Lipinski definition) is 2. The van der Waals surface area contributed by atoms with Crippen molar-refractivity contribution in [1.29, 1.82) is 0 Å². The van der Waals surface area contributed by atoms with E-state index in [0.29, 0.717) is 0 Å². The maximum atomic E-state index is 11.4. The monoisotopic (exact) mass is 271 g/mol. The van der Waals surface area contributed by atoms with Crippen molar-refractivity contribution in [2.75, 3.05) is 40.4 Å². The van der Waals surface area contributed by atoms with Gasteiger partial charge in [0.25, 0.3) is 0 Å². The number of likely N-dealkylation sites (N-methyl/N-ethyl adjacent to an activating group) is 1. The number of hydrogen-bond acceptors (Lipinski definition) is 4. The lowest BCUT2D eigenvalue weighted by Gasteiger charge is -2.29. The van der Waals surface area contributed by atoms with Crippen LogP contribution in [0.2, 0.25) is 0 Å². The Labute approximate surface area is 116 Å². The number of nitrogens with zero attached hydrogens (tertiary/aromatic N) is 1. The number of primary amides is 1. The highest BCUT2D eigenvalue weighted by Crippen LogP contribution is 2.16. The Kier molecular flexibility index (Phi) is 6.75. The van der Waals surface area contributed by atoms with Gasteiger partial charge in [-0.3, -0.25) is 4.79 Å². The van der Waals surface area contributed by atoms with Crippen LogP contribution in [0.5, 0.6) is 0 Å². The second-order valence-corrected chi connectivity index (χ2v) is 5.87. The van der Waals surface area contributed by atoms with E-state index in [2.05, 4.69) is 17.3 Å². The predicted molar refractivity (Wildman–Crippen MR) is 76.9 cm³/mol. The zero-order chi connectivity index (χ0) is 14.3. The maximum Gasteiger partial charge on any atom is 0.237 e. The molecule has 5 heteroatoms. The molecule has 0 saturated carbocycles. The Morgan fingerprint density at radius 3 is 2.63 bits per heavy atom. The van der Waals surface area contributed by atoms with Gasteiger partial charge in [0.1, 0.15) is 0 Å². The molecule has 1 unspecified atom stereocenters. The van der Waals surface area contributed by atoms with Crippen molar-refractivity contribution in [1.82, 2.24) is 10.2 Å². The quantitative estimate of drug-likeness (QED) is 0.678. The number of nitrogens with two attached hydrogens (primary N) is 1. The minimum atomic E-state index is -0.584. The largest absolute Gasteiger partial charge is 0.381 e. The number of amides is 1. The molecule has 1 heterocycles. The number of carbonyl (C=O) groups excluding carboxylic acids is 1. The van der Waals surface area contributed by atoms with Crippen molar-refractivity contribution >= 4 is 5.91 Å². The lowest BCUT2D eigenvalue weighted by molar-refractivity contribution is -0.123. The summed E-state index contributed by atoms with van der Waals surface area (Å²) in [6.07, 6.45) is 4.08. The third kappa shape index (κ3) is 5.47. The molecule has 0 aromatic heterocycles. The molecule has 0 aromatic rings. The van der Waals surface area contributed by atoms with Crippen LogP contribution in [0, 0.1) is 5.92 Å². The van der Waals surface area contributed by atoms with Gasteiger partial charge in [-0.05, 0) is 59.2 Å². The van der Waals surface area contributed by atoms with Crippen LogP contribution >= 0.6 is 0 Å². The maximum absolute atomic E-state index is 11.4. The molecule has 0 radical (unpaired) electrons. The summed E-state index contributed by atoms with van der Waals surface area (Å²) < 4.78 is 5.37. The SMILES string of the molecule is CNC(C)(CCCN(C)CC1CCOCC1)C(N)=O. The smallest absolute Gasteiger partial charge is 0.237 e. The normalized spacial score (nSPS) is 20.4. The van der Waals surface area contributed by atoms with Crippen LogP contribution in [-0.4, -0.2) is 56.7 Å². The van der Waals surface area contributed by atoms with Crippen LogP contribution in [0.1, 0.15) is 32.6 Å². The van der Waals surface area contributed by atoms with E-state index in [-0.39, 0.29) is 5.91 Å². The Morgan fingerprint density at radius 2 is 2.11 bits per heavy atom. The van der Waals surface area contributed by atoms with Crippen molar-refractivity contribution in [2.24, 2.45) is 11.7 Å². The fourth-order valence-corrected chi connectivity index (χ4v) is 2.53. The van der Waals surface area contributed by atoms with E-state index in [1.807, 2.05) is 6.92 Å². The first-order valence-electron chi connectivity index (χ1n) is 7.23. The molecule has 5 nitrogen and oxygen atoms in total. The first-order valence-corrected chi connectivity index (χ1v) is 7.23. The molecular weight excluding hydrogens is 242 g/mol. The second kappa shape index (κ2) is 7.82. The molecule has 1 aliphatic heterocycles. The highest BCUT2D eigenvalue weighted by molar-refractivity contribution is 5.84. The highest BCUT2D eigenvalue weighted by atomic mass is 16.5. The van der Waals surface area contributed by atoms with Crippen molar-refractivity contribution in [3.63, 3.8) is 0 Å². The lowest BCUT2D eigenvalue weighted by Crippen LogP contribution is -2.51. The van der Waals surface area contributed by atoms with Gasteiger partial charge in [-0.25, -0.2) is 0 Å². The van der Waals surface area contributed by atoms with Gasteiger partial charge in [-0.2, -0.15) is 0 Å². The van der Waals surface area contributed by atoms with Gasteiger partial charge in [0.2, 0.25) is 5.91 Å². The topological polar surface area (TPSA) is 67.6 Å². The van der Waals surface area contributed by atoms with Crippen LogP contribution in [-0.2, 0) is 9.53 Å². The first-order chi connectivity index (χ1) is 8.98. The van der Waals surface area contributed by atoms with E-state index in [9.17, 15) is 4.79 Å². The van der Waals surface area contributed by atoms with Crippen LogP contribution in [0.3, 0.4) is 0 Å². The summed E-state index contributed by atoms with van der Waals surface area (Å²) in [6.45, 7) is 5.79. The molecule has 0 spiro atoms. The number of nitrogens with one attached hydrogen (secondary N) is 1. The third-order valence-corrected chi connectivity index (χ3v) is 4.22. The summed E-state index contributed by atoms with van der Waals surface area (Å²) in [5.74, 6) is 0.479. The van der Waals surface area contributed by atoms with Gasteiger partial charge in [-0.15, -0.1) is 0 Å². The molecule has 3 N–H and O–H groups in total. The molecule has 0 aliphatic carbocycles. The molecule has 19 heavy (non-hydrogen) atoms. The number of rotatable bonds is 8. The first kappa shape index (κ1) is 16.4. The van der Waals surface area contributed by atoms with E-state index < -0.39 is 5.54 Å². The summed E-state index contributed by atoms with van der Waals surface area (Å²) in [4.78, 5) is 13.7. The van der Waals surface area contributed by atoms with Crippen LogP contribution in [0.25, 0.3) is 0 Å². The van der Waals surface area contributed by atoms with Gasteiger partial charge in [-0.1, -0.05) is 0 Å². The van der Waals surface area contributed by atoms with Crippen molar-refractivity contribution in [3.05, 3.63) is 0 Å². The Balaban J connectivity index is 2.22. The van der Waals surface area contributed by atoms with Crippen molar-refractivity contribution in [2.45, 2.75) is 38.1 Å². The van der Waals surface area contributed by atoms with Crippen LogP contribution in [0.15, 0.2) is 0 Å². The summed E-state index contributed by atoms with van der Waals surface area (Å²) in [6, 6.07) is 0. The Morgan fingerprint density at radius 1 is 1.47 bits per heavy atom. The molecule has 1 aliphatic rings. The average Bonchev–Trinajstić information content (AvgIpc) is 2.39. The summed E-state index contributed by atoms with van der Waals surface area (Å²) >= 11 is 0. The van der Waals surface area contributed by atoms with Gasteiger partial charge in [0.15, 0.2) is 0 Å². The minimum Gasteiger partial charge on any atom is -0.381 e. The molecule has 1 rings (SSSR count). The van der Waals surface area contributed by atoms with Gasteiger partial charge in [0, 0.05) is 19.8 Å². The zero-order valence-electron chi connectivity index (χ0n) is 12.6. The Hall–Kier alpha value is -0.650. The molecule has 1 saturated heterocycles. The van der Waals surface area contributed by atoms with E-state index in [1.165, 1.54) is 12.8 Å². The highest BCUT2D eigenvalue weighted by Gasteiger charge is 2.28. The van der Waals surface area contributed by atoms with Crippen LogP contribution in [0.4, 0.5) is 0 Å². The fourth-order valence-electron chi connectivity index (χ4n) is 2.53. The van der Waals surface area contributed by atoms with Crippen molar-refractivity contribution < 1.29 is 9.53 Å². The summed E-state index contributed by atoms with van der Waals surface area (Å²) in [5, 5.41) is 3.02. The molecule has 1 amide bonds.